The van der Waals surface area contributed by atoms with E-state index in [9.17, 15) is 5.11 Å². The fourth-order valence-corrected chi connectivity index (χ4v) is 2.13. The van der Waals surface area contributed by atoms with Crippen molar-refractivity contribution in [2.75, 3.05) is 24.3 Å². The summed E-state index contributed by atoms with van der Waals surface area (Å²) in [4.78, 5) is 15.8. The zero-order valence-corrected chi connectivity index (χ0v) is 11.5. The number of benzene rings is 1. The fourth-order valence-electron chi connectivity index (χ4n) is 2.13. The lowest BCUT2D eigenvalue weighted by atomic mass is 10.1. The largest absolute Gasteiger partial charge is 0.394 e. The molecule has 4 N–H and O–H groups in total. The predicted octanol–water partition coefficient (Wildman–Crippen LogP) is 1.54. The standard InChI is InChI=1S/C14H16N6O/c1-15-14-19-12-11(16-8-17-12)13(20-14)18-10(7-21)9-5-3-2-4-6-9/h2-6,8,10,21H,7H2,1H3,(H3,15,16,17,18,19,20). The number of anilines is 2. The molecule has 0 saturated carbocycles. The molecule has 1 atom stereocenters. The monoisotopic (exact) mass is 284 g/mol. The highest BCUT2D eigenvalue weighted by Crippen LogP contribution is 2.23. The van der Waals surface area contributed by atoms with Crippen LogP contribution in [0, 0.1) is 0 Å². The Balaban J connectivity index is 1.98. The molecule has 3 aromatic rings. The van der Waals surface area contributed by atoms with Gasteiger partial charge in [0.2, 0.25) is 5.95 Å². The van der Waals surface area contributed by atoms with Crippen molar-refractivity contribution in [3.8, 4) is 0 Å². The Labute approximate surface area is 121 Å². The molecule has 7 nitrogen and oxygen atoms in total. The summed E-state index contributed by atoms with van der Waals surface area (Å²) in [7, 11) is 1.75. The molecule has 0 aliphatic carbocycles. The first-order valence-electron chi connectivity index (χ1n) is 6.63. The molecule has 1 aromatic carbocycles. The molecule has 7 heteroatoms. The van der Waals surface area contributed by atoms with Crippen molar-refractivity contribution < 1.29 is 5.11 Å². The van der Waals surface area contributed by atoms with E-state index in [1.165, 1.54) is 0 Å². The van der Waals surface area contributed by atoms with E-state index in [1.54, 1.807) is 13.4 Å². The van der Waals surface area contributed by atoms with Crippen LogP contribution < -0.4 is 10.6 Å². The maximum absolute atomic E-state index is 9.64. The first-order chi connectivity index (χ1) is 10.3. The summed E-state index contributed by atoms with van der Waals surface area (Å²) in [6, 6.07) is 9.47. The van der Waals surface area contributed by atoms with Gasteiger partial charge in [0.15, 0.2) is 11.5 Å². The maximum atomic E-state index is 9.64. The second-order valence-electron chi connectivity index (χ2n) is 4.54. The van der Waals surface area contributed by atoms with Crippen LogP contribution in [0.15, 0.2) is 36.7 Å². The molecular formula is C14H16N6O. The third kappa shape index (κ3) is 2.63. The Morgan fingerprint density at radius 3 is 2.76 bits per heavy atom. The zero-order chi connectivity index (χ0) is 14.7. The third-order valence-electron chi connectivity index (χ3n) is 3.20. The highest BCUT2D eigenvalue weighted by molar-refractivity contribution is 5.83. The molecule has 21 heavy (non-hydrogen) atoms. The number of aromatic nitrogens is 4. The number of imidazole rings is 1. The number of aliphatic hydroxyl groups is 1. The minimum absolute atomic E-state index is 0.0431. The van der Waals surface area contributed by atoms with Crippen LogP contribution in [0.4, 0.5) is 11.8 Å². The van der Waals surface area contributed by atoms with Crippen LogP contribution in [0.1, 0.15) is 11.6 Å². The molecule has 3 rings (SSSR count). The van der Waals surface area contributed by atoms with E-state index in [0.717, 1.165) is 5.56 Å². The average molecular weight is 284 g/mol. The number of aliphatic hydroxyl groups excluding tert-OH is 1. The van der Waals surface area contributed by atoms with Gasteiger partial charge in [-0.15, -0.1) is 0 Å². The minimum Gasteiger partial charge on any atom is -0.394 e. The lowest BCUT2D eigenvalue weighted by Gasteiger charge is -2.18. The van der Waals surface area contributed by atoms with Gasteiger partial charge in [-0.05, 0) is 5.56 Å². The molecule has 1 unspecified atom stereocenters. The third-order valence-corrected chi connectivity index (χ3v) is 3.20. The van der Waals surface area contributed by atoms with Crippen molar-refractivity contribution in [3.63, 3.8) is 0 Å². The first-order valence-corrected chi connectivity index (χ1v) is 6.63. The maximum Gasteiger partial charge on any atom is 0.226 e. The van der Waals surface area contributed by atoms with E-state index in [0.29, 0.717) is 22.9 Å². The molecule has 0 aliphatic heterocycles. The molecule has 0 aliphatic rings. The van der Waals surface area contributed by atoms with Gasteiger partial charge in [0.25, 0.3) is 0 Å². The van der Waals surface area contributed by atoms with Gasteiger partial charge in [0, 0.05) is 7.05 Å². The van der Waals surface area contributed by atoms with Gasteiger partial charge in [-0.3, -0.25) is 0 Å². The summed E-state index contributed by atoms with van der Waals surface area (Å²) in [5.74, 6) is 1.08. The van der Waals surface area contributed by atoms with Gasteiger partial charge in [0.1, 0.15) is 5.52 Å². The quantitative estimate of drug-likeness (QED) is 0.567. The van der Waals surface area contributed by atoms with Crippen molar-refractivity contribution in [3.05, 3.63) is 42.2 Å². The molecule has 0 bridgehead atoms. The van der Waals surface area contributed by atoms with Gasteiger partial charge in [0.05, 0.1) is 19.0 Å². The molecule has 0 saturated heterocycles. The Morgan fingerprint density at radius 2 is 2.05 bits per heavy atom. The van der Waals surface area contributed by atoms with E-state index < -0.39 is 0 Å². The van der Waals surface area contributed by atoms with Gasteiger partial charge >= 0.3 is 0 Å². The van der Waals surface area contributed by atoms with Gasteiger partial charge < -0.3 is 20.7 Å². The summed E-state index contributed by atoms with van der Waals surface area (Å²) in [6.07, 6.45) is 1.57. The van der Waals surface area contributed by atoms with E-state index in [4.69, 9.17) is 0 Å². The minimum atomic E-state index is -0.252. The van der Waals surface area contributed by atoms with Crippen molar-refractivity contribution in [1.29, 1.82) is 0 Å². The summed E-state index contributed by atoms with van der Waals surface area (Å²) in [6.45, 7) is -0.0431. The second-order valence-corrected chi connectivity index (χ2v) is 4.54. The molecule has 2 heterocycles. The number of H-pyrrole nitrogens is 1. The van der Waals surface area contributed by atoms with Crippen LogP contribution in [0.25, 0.3) is 11.2 Å². The zero-order valence-electron chi connectivity index (χ0n) is 11.5. The van der Waals surface area contributed by atoms with Crippen LogP contribution in [-0.2, 0) is 0 Å². The van der Waals surface area contributed by atoms with Crippen LogP contribution in [-0.4, -0.2) is 38.7 Å². The second kappa shape index (κ2) is 5.76. The number of aromatic amines is 1. The number of hydrogen-bond donors (Lipinski definition) is 4. The molecule has 0 spiro atoms. The Hall–Kier alpha value is -2.67. The highest BCUT2D eigenvalue weighted by atomic mass is 16.3. The molecular weight excluding hydrogens is 268 g/mol. The van der Waals surface area contributed by atoms with Crippen molar-refractivity contribution in [2.24, 2.45) is 0 Å². The normalized spacial score (nSPS) is 12.3. The topological polar surface area (TPSA) is 98.8 Å². The van der Waals surface area contributed by atoms with Crippen LogP contribution >= 0.6 is 0 Å². The van der Waals surface area contributed by atoms with Crippen LogP contribution in [0.3, 0.4) is 0 Å². The Kier molecular flexibility index (Phi) is 3.65. The number of nitrogens with one attached hydrogen (secondary N) is 3. The van der Waals surface area contributed by atoms with Gasteiger partial charge in [-0.1, -0.05) is 30.3 Å². The molecule has 0 amide bonds. The molecule has 0 radical (unpaired) electrons. The number of nitrogens with zero attached hydrogens (tertiary/aromatic N) is 3. The van der Waals surface area contributed by atoms with Crippen molar-refractivity contribution >= 4 is 22.9 Å². The highest BCUT2D eigenvalue weighted by Gasteiger charge is 2.15. The van der Waals surface area contributed by atoms with Gasteiger partial charge in [-0.25, -0.2) is 4.98 Å². The average Bonchev–Trinajstić information content (AvgIpc) is 3.01. The lowest BCUT2D eigenvalue weighted by Crippen LogP contribution is -2.16. The molecule has 108 valence electrons. The van der Waals surface area contributed by atoms with Crippen LogP contribution in [0.2, 0.25) is 0 Å². The SMILES string of the molecule is CNc1nc(NC(CO)c2ccccc2)c2[nH]cnc2n1. The van der Waals surface area contributed by atoms with E-state index in [1.807, 2.05) is 30.3 Å². The van der Waals surface area contributed by atoms with E-state index in [-0.39, 0.29) is 12.6 Å². The predicted molar refractivity (Wildman–Crippen MR) is 81.1 cm³/mol. The smallest absolute Gasteiger partial charge is 0.226 e. The number of rotatable bonds is 5. The van der Waals surface area contributed by atoms with Gasteiger partial charge in [-0.2, -0.15) is 9.97 Å². The Bertz CT molecular complexity index is 727. The van der Waals surface area contributed by atoms with Crippen LogP contribution in [0.5, 0.6) is 0 Å². The number of hydrogen-bond acceptors (Lipinski definition) is 6. The summed E-state index contributed by atoms with van der Waals surface area (Å²) in [5, 5.41) is 15.8. The summed E-state index contributed by atoms with van der Waals surface area (Å²) < 4.78 is 0. The number of fused-ring (bicyclic) bond motifs is 1. The fraction of sp³-hybridized carbons (Fsp3) is 0.214. The summed E-state index contributed by atoms with van der Waals surface area (Å²) >= 11 is 0. The van der Waals surface area contributed by atoms with E-state index in [2.05, 4.69) is 30.6 Å². The molecule has 0 fully saturated rings. The molecule has 2 aromatic heterocycles. The Morgan fingerprint density at radius 1 is 1.24 bits per heavy atom. The van der Waals surface area contributed by atoms with E-state index >= 15 is 0 Å². The summed E-state index contributed by atoms with van der Waals surface area (Å²) in [5.41, 5.74) is 2.27. The first kappa shape index (κ1) is 13.3. The van der Waals surface area contributed by atoms with Crippen molar-refractivity contribution in [1.82, 2.24) is 19.9 Å². The lowest BCUT2D eigenvalue weighted by molar-refractivity contribution is 0.276. The van der Waals surface area contributed by atoms with Crippen molar-refractivity contribution in [2.45, 2.75) is 6.04 Å².